The molecule has 3 heterocycles. The van der Waals surface area contributed by atoms with E-state index < -0.39 is 0 Å². The molecule has 0 saturated carbocycles. The molecule has 3 fully saturated rings. The lowest BCUT2D eigenvalue weighted by Crippen LogP contribution is -2.52. The zero-order chi connectivity index (χ0) is 18.5. The molecule has 27 heavy (non-hydrogen) atoms. The largest absolute Gasteiger partial charge is 0.373 e. The van der Waals surface area contributed by atoms with E-state index >= 15 is 0 Å². The van der Waals surface area contributed by atoms with Crippen molar-refractivity contribution < 1.29 is 4.74 Å². The number of hydrogen-bond donors (Lipinski definition) is 1. The minimum Gasteiger partial charge on any atom is -0.373 e. The summed E-state index contributed by atoms with van der Waals surface area (Å²) in [6, 6.07) is 11.6. The Morgan fingerprint density at radius 3 is 2.74 bits per heavy atom. The molecule has 0 radical (unpaired) electrons. The van der Waals surface area contributed by atoms with E-state index in [2.05, 4.69) is 50.4 Å². The summed E-state index contributed by atoms with van der Waals surface area (Å²) < 4.78 is 6.08. The maximum absolute atomic E-state index is 6.08. The summed E-state index contributed by atoms with van der Waals surface area (Å²) in [6.45, 7) is 6.26. The molecule has 1 N–H and O–H groups in total. The van der Waals surface area contributed by atoms with E-state index in [1.54, 1.807) is 0 Å². The third-order valence-corrected chi connectivity index (χ3v) is 6.44. The van der Waals surface area contributed by atoms with E-state index in [9.17, 15) is 0 Å². The van der Waals surface area contributed by atoms with Crippen molar-refractivity contribution in [3.8, 4) is 0 Å². The fraction of sp³-hybridized carbons (Fsp3) is 0.682. The van der Waals surface area contributed by atoms with Crippen molar-refractivity contribution in [1.29, 1.82) is 0 Å². The average molecular weight is 371 g/mol. The van der Waals surface area contributed by atoms with E-state index in [0.717, 1.165) is 44.7 Å². The van der Waals surface area contributed by atoms with Gasteiger partial charge in [-0.2, -0.15) is 0 Å². The molecule has 0 spiro atoms. The van der Waals surface area contributed by atoms with Crippen molar-refractivity contribution in [3.05, 3.63) is 35.9 Å². The number of hydrogen-bond acceptors (Lipinski definition) is 3. The number of nitrogens with one attached hydrogen (secondary N) is 1. The molecular formula is C22H34N4O. The van der Waals surface area contributed by atoms with Gasteiger partial charge in [-0.3, -0.25) is 9.89 Å². The number of rotatable bonds is 4. The van der Waals surface area contributed by atoms with Crippen LogP contribution in [0, 0.1) is 5.92 Å². The second kappa shape index (κ2) is 9.07. The molecule has 2 atom stereocenters. The van der Waals surface area contributed by atoms with Gasteiger partial charge in [-0.25, -0.2) is 0 Å². The Balaban J connectivity index is 1.21. The van der Waals surface area contributed by atoms with Gasteiger partial charge in [0.1, 0.15) is 0 Å². The van der Waals surface area contributed by atoms with Gasteiger partial charge in [0.25, 0.3) is 0 Å². The molecule has 2 unspecified atom stereocenters. The van der Waals surface area contributed by atoms with Gasteiger partial charge in [0.15, 0.2) is 5.96 Å². The van der Waals surface area contributed by atoms with Gasteiger partial charge >= 0.3 is 0 Å². The fourth-order valence-electron chi connectivity index (χ4n) is 4.84. The smallest absolute Gasteiger partial charge is 0.193 e. The van der Waals surface area contributed by atoms with Crippen LogP contribution in [0.15, 0.2) is 35.3 Å². The standard InChI is InChI=1S/C22H34N4O/c1-23-22(24-15-21-16-26-11-5-8-20(26)17-27-21)25-12-9-19(10-13-25)14-18-6-3-2-4-7-18/h2-4,6-7,19-21H,5,8-17H2,1H3,(H,23,24). The summed E-state index contributed by atoms with van der Waals surface area (Å²) >= 11 is 0. The lowest BCUT2D eigenvalue weighted by atomic mass is 9.90. The molecule has 0 bridgehead atoms. The molecule has 0 aromatic heterocycles. The highest BCUT2D eigenvalue weighted by molar-refractivity contribution is 5.80. The van der Waals surface area contributed by atoms with E-state index in [1.807, 2.05) is 7.05 Å². The Hall–Kier alpha value is -1.59. The van der Waals surface area contributed by atoms with Gasteiger partial charge in [-0.15, -0.1) is 0 Å². The van der Waals surface area contributed by atoms with Crippen molar-refractivity contribution in [2.24, 2.45) is 10.9 Å². The van der Waals surface area contributed by atoms with Crippen molar-refractivity contribution >= 4 is 5.96 Å². The molecule has 0 amide bonds. The number of piperidine rings is 1. The molecule has 3 aliphatic rings. The van der Waals surface area contributed by atoms with Crippen molar-refractivity contribution in [3.63, 3.8) is 0 Å². The summed E-state index contributed by atoms with van der Waals surface area (Å²) in [7, 11) is 1.90. The third-order valence-electron chi connectivity index (χ3n) is 6.44. The minimum atomic E-state index is 0.284. The molecular weight excluding hydrogens is 336 g/mol. The topological polar surface area (TPSA) is 40.1 Å². The number of ether oxygens (including phenoxy) is 1. The van der Waals surface area contributed by atoms with Crippen LogP contribution in [-0.4, -0.2) is 74.3 Å². The Bertz CT molecular complexity index is 612. The van der Waals surface area contributed by atoms with Crippen LogP contribution >= 0.6 is 0 Å². The Morgan fingerprint density at radius 2 is 1.96 bits per heavy atom. The van der Waals surface area contributed by atoms with Crippen LogP contribution in [0.25, 0.3) is 0 Å². The molecule has 5 nitrogen and oxygen atoms in total. The second-order valence-electron chi connectivity index (χ2n) is 8.29. The van der Waals surface area contributed by atoms with E-state index in [-0.39, 0.29) is 6.10 Å². The number of fused-ring (bicyclic) bond motifs is 1. The molecule has 148 valence electrons. The first-order chi connectivity index (χ1) is 13.3. The SMILES string of the molecule is CN=C(NCC1CN2CCCC2CO1)N1CCC(Cc2ccccc2)CC1. The first-order valence-corrected chi connectivity index (χ1v) is 10.7. The Labute approximate surface area is 163 Å². The zero-order valence-electron chi connectivity index (χ0n) is 16.6. The maximum Gasteiger partial charge on any atom is 0.193 e. The van der Waals surface area contributed by atoms with Gasteiger partial charge in [-0.05, 0) is 50.1 Å². The predicted octanol–water partition coefficient (Wildman–Crippen LogP) is 2.38. The fourth-order valence-corrected chi connectivity index (χ4v) is 4.84. The highest BCUT2D eigenvalue weighted by Crippen LogP contribution is 2.23. The van der Waals surface area contributed by atoms with Gasteiger partial charge < -0.3 is 15.0 Å². The van der Waals surface area contributed by atoms with Crippen LogP contribution in [0.2, 0.25) is 0 Å². The number of guanidine groups is 1. The molecule has 3 saturated heterocycles. The van der Waals surface area contributed by atoms with Crippen LogP contribution in [0.5, 0.6) is 0 Å². The van der Waals surface area contributed by atoms with Crippen LogP contribution in [0.4, 0.5) is 0 Å². The lowest BCUT2D eigenvalue weighted by Gasteiger charge is -2.37. The number of morpholine rings is 1. The summed E-state index contributed by atoms with van der Waals surface area (Å²) in [6.07, 6.45) is 6.60. The third kappa shape index (κ3) is 4.82. The number of likely N-dealkylation sites (tertiary alicyclic amines) is 1. The number of benzene rings is 1. The molecule has 3 aliphatic heterocycles. The van der Waals surface area contributed by atoms with E-state index in [0.29, 0.717) is 6.04 Å². The normalized spacial score (nSPS) is 27.6. The maximum atomic E-state index is 6.08. The first kappa shape index (κ1) is 18.8. The first-order valence-electron chi connectivity index (χ1n) is 10.7. The van der Waals surface area contributed by atoms with Gasteiger partial charge in [0.05, 0.1) is 12.7 Å². The molecule has 4 rings (SSSR count). The van der Waals surface area contributed by atoms with Gasteiger partial charge in [0, 0.05) is 39.3 Å². The molecule has 1 aromatic carbocycles. The average Bonchev–Trinajstić information content (AvgIpc) is 3.18. The van der Waals surface area contributed by atoms with E-state index in [1.165, 1.54) is 44.2 Å². The van der Waals surface area contributed by atoms with Crippen molar-refractivity contribution in [2.45, 2.75) is 44.2 Å². The quantitative estimate of drug-likeness (QED) is 0.653. The Morgan fingerprint density at radius 1 is 1.15 bits per heavy atom. The van der Waals surface area contributed by atoms with Crippen LogP contribution in [0.3, 0.4) is 0 Å². The van der Waals surface area contributed by atoms with Crippen LogP contribution in [0.1, 0.15) is 31.2 Å². The summed E-state index contributed by atoms with van der Waals surface area (Å²) in [5.41, 5.74) is 1.47. The monoisotopic (exact) mass is 370 g/mol. The molecule has 5 heteroatoms. The zero-order valence-corrected chi connectivity index (χ0v) is 16.6. The highest BCUT2D eigenvalue weighted by atomic mass is 16.5. The lowest BCUT2D eigenvalue weighted by molar-refractivity contribution is -0.0455. The Kier molecular flexibility index (Phi) is 6.30. The second-order valence-corrected chi connectivity index (χ2v) is 8.29. The van der Waals surface area contributed by atoms with Crippen LogP contribution in [-0.2, 0) is 11.2 Å². The summed E-state index contributed by atoms with van der Waals surface area (Å²) in [4.78, 5) is 9.56. The van der Waals surface area contributed by atoms with Gasteiger partial charge in [-0.1, -0.05) is 30.3 Å². The van der Waals surface area contributed by atoms with Crippen LogP contribution < -0.4 is 5.32 Å². The predicted molar refractivity (Wildman–Crippen MR) is 110 cm³/mol. The summed E-state index contributed by atoms with van der Waals surface area (Å²) in [5.74, 6) is 1.83. The molecule has 1 aromatic rings. The molecule has 0 aliphatic carbocycles. The van der Waals surface area contributed by atoms with Gasteiger partial charge in [0.2, 0.25) is 0 Å². The summed E-state index contributed by atoms with van der Waals surface area (Å²) in [5, 5.41) is 3.58. The minimum absolute atomic E-state index is 0.284. The van der Waals surface area contributed by atoms with Crippen molar-refractivity contribution in [2.75, 3.05) is 46.4 Å². The van der Waals surface area contributed by atoms with E-state index in [4.69, 9.17) is 4.74 Å². The highest BCUT2D eigenvalue weighted by Gasteiger charge is 2.32. The number of nitrogens with zero attached hydrogens (tertiary/aromatic N) is 3. The van der Waals surface area contributed by atoms with Crippen molar-refractivity contribution in [1.82, 2.24) is 15.1 Å². The number of aliphatic imine (C=N–C) groups is 1.